The predicted molar refractivity (Wildman–Crippen MR) is 135 cm³/mol. The number of benzene rings is 2. The first-order valence-corrected chi connectivity index (χ1v) is 13.1. The number of likely N-dealkylation sites (N-methyl/N-ethyl adjacent to an activating group) is 1. The number of fused-ring (bicyclic) bond motifs is 2. The fraction of sp³-hybridized carbons (Fsp3) is 0.400. The van der Waals surface area contributed by atoms with Crippen LogP contribution in [0.25, 0.3) is 10.8 Å². The number of rotatable bonds is 4. The number of halogens is 1. The molecule has 2 aromatic carbocycles. The van der Waals surface area contributed by atoms with E-state index in [1.54, 1.807) is 0 Å². The van der Waals surface area contributed by atoms with Gasteiger partial charge in [0.25, 0.3) is 11.8 Å². The van der Waals surface area contributed by atoms with Gasteiger partial charge in [-0.3, -0.25) is 9.59 Å². The van der Waals surface area contributed by atoms with E-state index in [-0.39, 0.29) is 23.9 Å². The smallest absolute Gasteiger partial charge is 0.280 e. The number of nitrogens with zero attached hydrogens (tertiary/aromatic N) is 2. The summed E-state index contributed by atoms with van der Waals surface area (Å²) >= 11 is 4.98. The maximum Gasteiger partial charge on any atom is 0.280 e. The highest BCUT2D eigenvalue weighted by atomic mass is 79.9. The van der Waals surface area contributed by atoms with Crippen molar-refractivity contribution in [2.75, 3.05) is 13.6 Å². The molecular formula is C25H27BrN4O2S. The molecule has 1 fully saturated rings. The van der Waals surface area contributed by atoms with Gasteiger partial charge in [0.2, 0.25) is 0 Å². The third kappa shape index (κ3) is 4.98. The van der Waals surface area contributed by atoms with Gasteiger partial charge in [0.1, 0.15) is 0 Å². The summed E-state index contributed by atoms with van der Waals surface area (Å²) in [7, 11) is 2.09. The zero-order valence-corrected chi connectivity index (χ0v) is 21.0. The summed E-state index contributed by atoms with van der Waals surface area (Å²) < 4.78 is 1.01. The van der Waals surface area contributed by atoms with E-state index in [1.165, 1.54) is 16.2 Å². The van der Waals surface area contributed by atoms with Crippen molar-refractivity contribution in [3.63, 3.8) is 0 Å². The molecule has 0 bridgehead atoms. The number of nitrogens with one attached hydrogen (secondary N) is 2. The SMILES string of the molecule is CN1CCc2nc(C(=O)N[C@H]3CCCC[C@H]3NC(=O)c3ccc4cc(Br)ccc4c3)sc2C1. The molecule has 2 heterocycles. The van der Waals surface area contributed by atoms with Crippen LogP contribution in [0.15, 0.2) is 40.9 Å². The lowest BCUT2D eigenvalue weighted by Gasteiger charge is -2.32. The number of carbonyl (C=O) groups is 2. The molecule has 1 aliphatic heterocycles. The molecule has 0 radical (unpaired) electrons. The van der Waals surface area contributed by atoms with Crippen molar-refractivity contribution in [2.45, 2.75) is 50.7 Å². The van der Waals surface area contributed by atoms with Crippen molar-refractivity contribution in [1.82, 2.24) is 20.5 Å². The highest BCUT2D eigenvalue weighted by Crippen LogP contribution is 2.26. The Hall–Kier alpha value is -2.29. The Morgan fingerprint density at radius 2 is 1.73 bits per heavy atom. The van der Waals surface area contributed by atoms with Crippen molar-refractivity contribution in [3.8, 4) is 0 Å². The van der Waals surface area contributed by atoms with Crippen molar-refractivity contribution in [2.24, 2.45) is 0 Å². The van der Waals surface area contributed by atoms with E-state index in [0.29, 0.717) is 10.6 Å². The van der Waals surface area contributed by atoms with E-state index in [1.807, 2.05) is 36.4 Å². The van der Waals surface area contributed by atoms with Crippen LogP contribution in [0.2, 0.25) is 0 Å². The fourth-order valence-electron chi connectivity index (χ4n) is 4.74. The number of aromatic nitrogens is 1. The van der Waals surface area contributed by atoms with E-state index in [4.69, 9.17) is 0 Å². The van der Waals surface area contributed by atoms with E-state index in [0.717, 1.165) is 66.1 Å². The van der Waals surface area contributed by atoms with Crippen LogP contribution >= 0.6 is 27.3 Å². The van der Waals surface area contributed by atoms with Crippen molar-refractivity contribution < 1.29 is 9.59 Å². The summed E-state index contributed by atoms with van der Waals surface area (Å²) in [5.41, 5.74) is 1.69. The van der Waals surface area contributed by atoms with Gasteiger partial charge in [-0.05, 0) is 54.9 Å². The normalized spacial score (nSPS) is 20.9. The van der Waals surface area contributed by atoms with Crippen LogP contribution < -0.4 is 10.6 Å². The minimum Gasteiger partial charge on any atom is -0.347 e. The topological polar surface area (TPSA) is 74.3 Å². The summed E-state index contributed by atoms with van der Waals surface area (Å²) in [5, 5.41) is 9.00. The van der Waals surface area contributed by atoms with Crippen LogP contribution in [-0.4, -0.2) is 47.4 Å². The van der Waals surface area contributed by atoms with Crippen LogP contribution in [0.1, 0.15) is 56.4 Å². The van der Waals surface area contributed by atoms with Crippen LogP contribution in [0.3, 0.4) is 0 Å². The number of hydrogen-bond donors (Lipinski definition) is 2. The predicted octanol–water partition coefficient (Wildman–Crippen LogP) is 4.52. The van der Waals surface area contributed by atoms with Gasteiger partial charge in [-0.15, -0.1) is 11.3 Å². The third-order valence-electron chi connectivity index (χ3n) is 6.58. The quantitative estimate of drug-likeness (QED) is 0.524. The summed E-state index contributed by atoms with van der Waals surface area (Å²) in [6, 6.07) is 11.6. The maximum absolute atomic E-state index is 13.0. The average Bonchev–Trinajstić information content (AvgIpc) is 3.23. The van der Waals surface area contributed by atoms with Crippen molar-refractivity contribution >= 4 is 49.9 Å². The Balaban J connectivity index is 1.27. The molecule has 8 heteroatoms. The number of thiazole rings is 1. The lowest BCUT2D eigenvalue weighted by molar-refractivity contribution is 0.0862. The standard InChI is InChI=1S/C25H27BrN4O2S/c1-30-11-10-21-22(14-30)33-25(29-21)24(32)28-20-5-3-2-4-19(20)27-23(31)17-7-6-16-13-18(26)9-8-15(16)12-17/h6-9,12-13,19-20H,2-5,10-11,14H2,1H3,(H,27,31)(H,28,32)/t19-,20+/m1/s1. The Morgan fingerprint density at radius 1 is 1.03 bits per heavy atom. The Morgan fingerprint density at radius 3 is 2.52 bits per heavy atom. The molecule has 0 spiro atoms. The minimum absolute atomic E-state index is 0.0865. The molecule has 2 aliphatic rings. The van der Waals surface area contributed by atoms with Gasteiger partial charge >= 0.3 is 0 Å². The van der Waals surface area contributed by atoms with Gasteiger partial charge in [-0.2, -0.15) is 0 Å². The monoisotopic (exact) mass is 526 g/mol. The maximum atomic E-state index is 13.0. The van der Waals surface area contributed by atoms with Crippen molar-refractivity contribution in [3.05, 3.63) is 62.0 Å². The van der Waals surface area contributed by atoms with Gasteiger partial charge in [-0.1, -0.05) is 40.9 Å². The summed E-state index contributed by atoms with van der Waals surface area (Å²) in [6.45, 7) is 1.83. The molecule has 1 aliphatic carbocycles. The molecule has 2 atom stereocenters. The molecule has 5 rings (SSSR count). The van der Waals surface area contributed by atoms with Crippen molar-refractivity contribution in [1.29, 1.82) is 0 Å². The fourth-order valence-corrected chi connectivity index (χ4v) is 6.21. The average molecular weight is 527 g/mol. The molecule has 33 heavy (non-hydrogen) atoms. The first-order valence-electron chi connectivity index (χ1n) is 11.4. The van der Waals surface area contributed by atoms with E-state index < -0.39 is 0 Å². The van der Waals surface area contributed by atoms with Gasteiger partial charge in [0, 0.05) is 46.5 Å². The molecule has 1 aromatic heterocycles. The molecule has 2 N–H and O–H groups in total. The van der Waals surface area contributed by atoms with Crippen LogP contribution in [0.5, 0.6) is 0 Å². The van der Waals surface area contributed by atoms with E-state index in [2.05, 4.69) is 43.5 Å². The number of amides is 2. The molecule has 172 valence electrons. The van der Waals surface area contributed by atoms with Crippen LogP contribution in [0.4, 0.5) is 0 Å². The van der Waals surface area contributed by atoms with Gasteiger partial charge in [-0.25, -0.2) is 4.98 Å². The Bertz CT molecular complexity index is 1210. The first kappa shape index (κ1) is 22.5. The third-order valence-corrected chi connectivity index (χ3v) is 8.15. The lowest BCUT2D eigenvalue weighted by atomic mass is 9.90. The van der Waals surface area contributed by atoms with Crippen LogP contribution in [0, 0.1) is 0 Å². The second-order valence-electron chi connectivity index (χ2n) is 9.03. The Labute approximate surface area is 205 Å². The largest absolute Gasteiger partial charge is 0.347 e. The molecular weight excluding hydrogens is 500 g/mol. The molecule has 3 aromatic rings. The van der Waals surface area contributed by atoms with E-state index >= 15 is 0 Å². The van der Waals surface area contributed by atoms with E-state index in [9.17, 15) is 9.59 Å². The zero-order chi connectivity index (χ0) is 22.9. The molecule has 1 saturated carbocycles. The number of hydrogen-bond acceptors (Lipinski definition) is 5. The highest BCUT2D eigenvalue weighted by molar-refractivity contribution is 9.10. The molecule has 0 unspecified atom stereocenters. The summed E-state index contributed by atoms with van der Waals surface area (Å²) in [4.78, 5) is 34.1. The zero-order valence-electron chi connectivity index (χ0n) is 18.6. The molecule has 6 nitrogen and oxygen atoms in total. The minimum atomic E-state index is -0.125. The Kier molecular flexibility index (Phi) is 6.49. The summed E-state index contributed by atoms with van der Waals surface area (Å²) in [6.07, 6.45) is 4.69. The van der Waals surface area contributed by atoms with Gasteiger partial charge in [0.15, 0.2) is 5.01 Å². The number of carbonyl (C=O) groups excluding carboxylic acids is 2. The molecule has 2 amide bonds. The second-order valence-corrected chi connectivity index (χ2v) is 11.0. The van der Waals surface area contributed by atoms with Crippen LogP contribution in [-0.2, 0) is 13.0 Å². The highest BCUT2D eigenvalue weighted by Gasteiger charge is 2.30. The molecule has 0 saturated heterocycles. The first-order chi connectivity index (χ1) is 16.0. The second kappa shape index (κ2) is 9.52. The van der Waals surface area contributed by atoms with Gasteiger partial charge < -0.3 is 15.5 Å². The van der Waals surface area contributed by atoms with Gasteiger partial charge in [0.05, 0.1) is 5.69 Å². The summed E-state index contributed by atoms with van der Waals surface area (Å²) in [5.74, 6) is -0.224. The lowest BCUT2D eigenvalue weighted by Crippen LogP contribution is -2.53.